The van der Waals surface area contributed by atoms with Gasteiger partial charge in [-0.15, -0.1) is 0 Å². The molecule has 1 N–H and O–H groups in total. The van der Waals surface area contributed by atoms with Crippen molar-refractivity contribution in [3.63, 3.8) is 0 Å². The van der Waals surface area contributed by atoms with E-state index in [1.807, 2.05) is 20.8 Å². The number of fused-ring (bicyclic) bond motifs is 1. The van der Waals surface area contributed by atoms with Crippen molar-refractivity contribution in [2.24, 2.45) is 0 Å². The Morgan fingerprint density at radius 3 is 2.85 bits per heavy atom. The number of carbonyl (C=O) groups is 1. The molecule has 0 fully saturated rings. The second kappa shape index (κ2) is 7.69. The SMILES string of the molecule is COc1ccc([C@@H](C)NC(=O)CCc2c(C)nc3ncnn3c2C)cc1F. The molecule has 0 radical (unpaired) electrons. The summed E-state index contributed by atoms with van der Waals surface area (Å²) in [5.41, 5.74) is 3.42. The molecular weight excluding hydrogens is 349 g/mol. The summed E-state index contributed by atoms with van der Waals surface area (Å²) in [7, 11) is 1.42. The number of hydrogen-bond acceptors (Lipinski definition) is 5. The third kappa shape index (κ3) is 3.89. The van der Waals surface area contributed by atoms with Crippen LogP contribution in [0.1, 0.15) is 41.9 Å². The van der Waals surface area contributed by atoms with Crippen LogP contribution < -0.4 is 10.1 Å². The Morgan fingerprint density at radius 2 is 2.15 bits per heavy atom. The highest BCUT2D eigenvalue weighted by molar-refractivity contribution is 5.76. The number of amides is 1. The number of carbonyl (C=O) groups excluding carboxylic acids is 1. The van der Waals surface area contributed by atoms with Crippen molar-refractivity contribution in [3.8, 4) is 5.75 Å². The molecule has 0 saturated carbocycles. The van der Waals surface area contributed by atoms with Crippen LogP contribution in [0.5, 0.6) is 5.75 Å². The molecule has 1 amide bonds. The molecule has 0 aliphatic heterocycles. The Bertz CT molecular complexity index is 986. The summed E-state index contributed by atoms with van der Waals surface area (Å²) >= 11 is 0. The second-order valence-electron chi connectivity index (χ2n) is 6.42. The molecule has 0 unspecified atom stereocenters. The number of methoxy groups -OCH3 is 1. The van der Waals surface area contributed by atoms with Crippen LogP contribution in [-0.4, -0.2) is 32.6 Å². The molecule has 8 heteroatoms. The van der Waals surface area contributed by atoms with Crippen molar-refractivity contribution in [2.45, 2.75) is 39.7 Å². The summed E-state index contributed by atoms with van der Waals surface area (Å²) in [6.45, 7) is 5.66. The number of aryl methyl sites for hydroxylation is 2. The fourth-order valence-corrected chi connectivity index (χ4v) is 3.10. The van der Waals surface area contributed by atoms with E-state index in [0.717, 1.165) is 17.0 Å². The van der Waals surface area contributed by atoms with Gasteiger partial charge in [0, 0.05) is 17.8 Å². The van der Waals surface area contributed by atoms with Crippen LogP contribution in [0.3, 0.4) is 0 Å². The van der Waals surface area contributed by atoms with Gasteiger partial charge in [-0.1, -0.05) is 6.07 Å². The molecule has 142 valence electrons. The largest absolute Gasteiger partial charge is 0.494 e. The zero-order valence-corrected chi connectivity index (χ0v) is 15.8. The highest BCUT2D eigenvalue weighted by Crippen LogP contribution is 2.22. The molecule has 7 nitrogen and oxygen atoms in total. The third-order valence-corrected chi connectivity index (χ3v) is 4.64. The van der Waals surface area contributed by atoms with Crippen LogP contribution in [0.25, 0.3) is 5.78 Å². The number of aromatic nitrogens is 4. The number of nitrogens with one attached hydrogen (secondary N) is 1. The predicted molar refractivity (Wildman–Crippen MR) is 98.1 cm³/mol. The quantitative estimate of drug-likeness (QED) is 0.720. The Hall–Kier alpha value is -3.03. The van der Waals surface area contributed by atoms with Gasteiger partial charge in [-0.25, -0.2) is 13.9 Å². The monoisotopic (exact) mass is 371 g/mol. The number of halogens is 1. The average Bonchev–Trinajstić information content (AvgIpc) is 3.09. The molecular formula is C19H22FN5O2. The van der Waals surface area contributed by atoms with Crippen LogP contribution in [0.4, 0.5) is 4.39 Å². The molecule has 0 spiro atoms. The molecule has 3 aromatic rings. The maximum Gasteiger partial charge on any atom is 0.252 e. The lowest BCUT2D eigenvalue weighted by Gasteiger charge is -2.16. The maximum absolute atomic E-state index is 13.8. The minimum atomic E-state index is -0.449. The van der Waals surface area contributed by atoms with Gasteiger partial charge >= 0.3 is 0 Å². The van der Waals surface area contributed by atoms with E-state index in [9.17, 15) is 9.18 Å². The maximum atomic E-state index is 13.8. The number of hydrogen-bond donors (Lipinski definition) is 1. The van der Waals surface area contributed by atoms with Gasteiger partial charge in [0.25, 0.3) is 5.78 Å². The van der Waals surface area contributed by atoms with Gasteiger partial charge < -0.3 is 10.1 Å². The van der Waals surface area contributed by atoms with Crippen LogP contribution in [0.2, 0.25) is 0 Å². The van der Waals surface area contributed by atoms with E-state index < -0.39 is 5.82 Å². The highest BCUT2D eigenvalue weighted by atomic mass is 19.1. The predicted octanol–water partition coefficient (Wildman–Crippen LogP) is 2.70. The summed E-state index contributed by atoms with van der Waals surface area (Å²) in [5, 5.41) is 7.05. The van der Waals surface area contributed by atoms with E-state index >= 15 is 0 Å². The van der Waals surface area contributed by atoms with E-state index in [1.165, 1.54) is 19.5 Å². The molecule has 1 aromatic carbocycles. The minimum absolute atomic E-state index is 0.115. The molecule has 27 heavy (non-hydrogen) atoms. The summed E-state index contributed by atoms with van der Waals surface area (Å²) in [4.78, 5) is 20.9. The lowest BCUT2D eigenvalue weighted by Crippen LogP contribution is -2.27. The van der Waals surface area contributed by atoms with Crippen molar-refractivity contribution < 1.29 is 13.9 Å². The minimum Gasteiger partial charge on any atom is -0.494 e. The number of benzene rings is 1. The van der Waals surface area contributed by atoms with E-state index in [4.69, 9.17) is 4.74 Å². The van der Waals surface area contributed by atoms with Crippen molar-refractivity contribution in [3.05, 3.63) is 52.9 Å². The van der Waals surface area contributed by atoms with E-state index in [2.05, 4.69) is 20.4 Å². The molecule has 0 aliphatic rings. The van der Waals surface area contributed by atoms with E-state index in [-0.39, 0.29) is 17.7 Å². The molecule has 0 saturated heterocycles. The number of rotatable bonds is 6. The van der Waals surface area contributed by atoms with Crippen molar-refractivity contribution in [1.29, 1.82) is 0 Å². The third-order valence-electron chi connectivity index (χ3n) is 4.64. The first-order chi connectivity index (χ1) is 12.9. The van der Waals surface area contributed by atoms with Gasteiger partial charge in [0.1, 0.15) is 6.33 Å². The fourth-order valence-electron chi connectivity index (χ4n) is 3.10. The molecule has 3 rings (SSSR count). The molecule has 0 aliphatic carbocycles. The van der Waals surface area contributed by atoms with Gasteiger partial charge in [-0.2, -0.15) is 10.1 Å². The smallest absolute Gasteiger partial charge is 0.252 e. The molecule has 1 atom stereocenters. The first-order valence-electron chi connectivity index (χ1n) is 8.69. The standard InChI is InChI=1S/C19H22FN5O2/c1-11(14-5-7-17(27-4)16(20)9-14)23-18(26)8-6-15-12(2)24-19-21-10-22-25(19)13(15)3/h5,7,9-11H,6,8H2,1-4H3,(H,23,26)/t11-/m1/s1. The van der Waals surface area contributed by atoms with Gasteiger partial charge in [0.2, 0.25) is 5.91 Å². The zero-order chi connectivity index (χ0) is 19.6. The van der Waals surface area contributed by atoms with Gasteiger partial charge in [-0.05, 0) is 50.5 Å². The average molecular weight is 371 g/mol. The Balaban J connectivity index is 1.65. The first kappa shape index (κ1) is 18.8. The summed E-state index contributed by atoms with van der Waals surface area (Å²) in [6.07, 6.45) is 2.30. The summed E-state index contributed by atoms with van der Waals surface area (Å²) in [6, 6.07) is 4.36. The van der Waals surface area contributed by atoms with Crippen LogP contribution >= 0.6 is 0 Å². The van der Waals surface area contributed by atoms with E-state index in [1.54, 1.807) is 16.6 Å². The van der Waals surface area contributed by atoms with Gasteiger partial charge in [0.15, 0.2) is 11.6 Å². The zero-order valence-electron chi connectivity index (χ0n) is 15.8. The lowest BCUT2D eigenvalue weighted by molar-refractivity contribution is -0.121. The Labute approximate surface area is 156 Å². The van der Waals surface area contributed by atoms with Crippen molar-refractivity contribution >= 4 is 11.7 Å². The lowest BCUT2D eigenvalue weighted by atomic mass is 10.0. The van der Waals surface area contributed by atoms with Gasteiger partial charge in [0.05, 0.1) is 13.2 Å². The highest BCUT2D eigenvalue weighted by Gasteiger charge is 2.15. The summed E-state index contributed by atoms with van der Waals surface area (Å²) < 4.78 is 20.4. The first-order valence-corrected chi connectivity index (χ1v) is 8.69. The Kier molecular flexibility index (Phi) is 5.34. The van der Waals surface area contributed by atoms with Crippen molar-refractivity contribution in [1.82, 2.24) is 24.9 Å². The normalized spacial score (nSPS) is 12.2. The Morgan fingerprint density at radius 1 is 1.37 bits per heavy atom. The number of nitrogens with zero attached hydrogens (tertiary/aromatic N) is 4. The van der Waals surface area contributed by atoms with Crippen LogP contribution in [-0.2, 0) is 11.2 Å². The molecule has 0 bridgehead atoms. The van der Waals surface area contributed by atoms with Crippen LogP contribution in [0, 0.1) is 19.7 Å². The molecule has 2 heterocycles. The summed E-state index contributed by atoms with van der Waals surface area (Å²) in [5.74, 6) is 0.165. The van der Waals surface area contributed by atoms with Crippen molar-refractivity contribution in [2.75, 3.05) is 7.11 Å². The van der Waals surface area contributed by atoms with Crippen LogP contribution in [0.15, 0.2) is 24.5 Å². The second-order valence-corrected chi connectivity index (χ2v) is 6.42. The topological polar surface area (TPSA) is 81.4 Å². The molecule has 2 aromatic heterocycles. The fraction of sp³-hybridized carbons (Fsp3) is 0.368. The van der Waals surface area contributed by atoms with Gasteiger partial charge in [-0.3, -0.25) is 4.79 Å². The van der Waals surface area contributed by atoms with E-state index in [0.29, 0.717) is 24.2 Å². The number of ether oxygens (including phenoxy) is 1.